The van der Waals surface area contributed by atoms with Crippen molar-refractivity contribution in [3.63, 3.8) is 0 Å². The Labute approximate surface area is 94.3 Å². The van der Waals surface area contributed by atoms with Crippen molar-refractivity contribution in [2.45, 2.75) is 19.3 Å². The van der Waals surface area contributed by atoms with Crippen molar-refractivity contribution in [3.8, 4) is 6.07 Å². The van der Waals surface area contributed by atoms with Gasteiger partial charge in [-0.2, -0.15) is 5.26 Å². The maximum atomic E-state index is 13.0. The number of rotatable bonds is 1. The molecule has 0 N–H and O–H groups in total. The van der Waals surface area contributed by atoms with Gasteiger partial charge in [0.05, 0.1) is 11.3 Å². The molecule has 1 spiro atoms. The van der Waals surface area contributed by atoms with E-state index in [1.807, 2.05) is 0 Å². The van der Waals surface area contributed by atoms with Gasteiger partial charge in [-0.1, -0.05) is 6.42 Å². The summed E-state index contributed by atoms with van der Waals surface area (Å²) in [6.07, 6.45) is 3.96. The van der Waals surface area contributed by atoms with Crippen molar-refractivity contribution in [2.75, 3.05) is 18.0 Å². The van der Waals surface area contributed by atoms with Gasteiger partial charge in [0.1, 0.15) is 11.9 Å². The predicted octanol–water partition coefficient (Wildman–Crippen LogP) is 2.69. The van der Waals surface area contributed by atoms with Crippen LogP contribution in [0.2, 0.25) is 0 Å². The van der Waals surface area contributed by atoms with Crippen LogP contribution in [0.4, 0.5) is 10.1 Å². The van der Waals surface area contributed by atoms with E-state index in [9.17, 15) is 4.39 Å². The van der Waals surface area contributed by atoms with Crippen LogP contribution in [0.5, 0.6) is 0 Å². The van der Waals surface area contributed by atoms with Crippen LogP contribution in [0.15, 0.2) is 18.2 Å². The molecule has 0 amide bonds. The lowest BCUT2D eigenvalue weighted by molar-refractivity contribution is 0.0903. The second-order valence-electron chi connectivity index (χ2n) is 4.98. The molecule has 2 aliphatic rings. The monoisotopic (exact) mass is 216 g/mol. The zero-order valence-electron chi connectivity index (χ0n) is 9.04. The first-order valence-corrected chi connectivity index (χ1v) is 5.67. The summed E-state index contributed by atoms with van der Waals surface area (Å²) in [5, 5.41) is 8.97. The minimum Gasteiger partial charge on any atom is -0.369 e. The van der Waals surface area contributed by atoms with Gasteiger partial charge in [0.25, 0.3) is 0 Å². The fraction of sp³-hybridized carbons (Fsp3) is 0.462. The number of nitriles is 1. The molecule has 3 heteroatoms. The topological polar surface area (TPSA) is 27.0 Å². The van der Waals surface area contributed by atoms with Crippen LogP contribution in [0.3, 0.4) is 0 Å². The Kier molecular flexibility index (Phi) is 1.94. The highest BCUT2D eigenvalue weighted by molar-refractivity contribution is 5.61. The first-order chi connectivity index (χ1) is 7.72. The number of benzene rings is 1. The molecule has 2 fully saturated rings. The number of hydrogen-bond donors (Lipinski definition) is 0. The average Bonchev–Trinajstić information content (AvgIpc) is 2.15. The Morgan fingerprint density at radius 3 is 2.62 bits per heavy atom. The van der Waals surface area contributed by atoms with Crippen LogP contribution in [-0.2, 0) is 0 Å². The highest BCUT2D eigenvalue weighted by atomic mass is 19.1. The normalized spacial score (nSPS) is 21.1. The molecule has 2 nitrogen and oxygen atoms in total. The van der Waals surface area contributed by atoms with Crippen molar-refractivity contribution >= 4 is 5.69 Å². The molecular weight excluding hydrogens is 203 g/mol. The third-order valence-electron chi connectivity index (χ3n) is 3.89. The summed E-state index contributed by atoms with van der Waals surface area (Å²) in [4.78, 5) is 2.19. The van der Waals surface area contributed by atoms with E-state index in [0.717, 1.165) is 18.8 Å². The van der Waals surface area contributed by atoms with Crippen LogP contribution in [0.1, 0.15) is 24.8 Å². The highest BCUT2D eigenvalue weighted by Gasteiger charge is 2.47. The Balaban J connectivity index is 1.83. The minimum atomic E-state index is -0.334. The minimum absolute atomic E-state index is 0.334. The Morgan fingerprint density at radius 2 is 2.06 bits per heavy atom. The molecule has 3 rings (SSSR count). The summed E-state index contributed by atoms with van der Waals surface area (Å²) in [6, 6.07) is 6.54. The number of hydrogen-bond acceptors (Lipinski definition) is 2. The molecule has 1 aromatic rings. The molecule has 1 saturated heterocycles. The molecule has 0 bridgehead atoms. The molecule has 1 aliphatic heterocycles. The van der Waals surface area contributed by atoms with Crippen molar-refractivity contribution < 1.29 is 4.39 Å². The van der Waals surface area contributed by atoms with Crippen LogP contribution in [-0.4, -0.2) is 13.1 Å². The zero-order chi connectivity index (χ0) is 11.2. The molecule has 1 aliphatic carbocycles. The molecule has 1 aromatic carbocycles. The van der Waals surface area contributed by atoms with Crippen LogP contribution >= 0.6 is 0 Å². The van der Waals surface area contributed by atoms with E-state index in [0.29, 0.717) is 11.0 Å². The molecule has 1 heterocycles. The SMILES string of the molecule is N#Cc1cc(F)ccc1N1CC2(CCC2)C1. The summed E-state index contributed by atoms with van der Waals surface area (Å²) in [6.45, 7) is 2.07. The largest absolute Gasteiger partial charge is 0.369 e. The van der Waals surface area contributed by atoms with E-state index in [1.165, 1.54) is 31.4 Å². The predicted molar refractivity (Wildman–Crippen MR) is 59.6 cm³/mol. The molecule has 0 aromatic heterocycles. The lowest BCUT2D eigenvalue weighted by Gasteiger charge is -2.57. The van der Waals surface area contributed by atoms with Gasteiger partial charge in [-0.3, -0.25) is 0 Å². The molecule has 16 heavy (non-hydrogen) atoms. The summed E-state index contributed by atoms with van der Waals surface area (Å²) < 4.78 is 13.0. The van der Waals surface area contributed by atoms with Crippen molar-refractivity contribution in [3.05, 3.63) is 29.6 Å². The summed E-state index contributed by atoms with van der Waals surface area (Å²) in [7, 11) is 0. The van der Waals surface area contributed by atoms with Crippen LogP contribution in [0.25, 0.3) is 0 Å². The van der Waals surface area contributed by atoms with Gasteiger partial charge in [0.2, 0.25) is 0 Å². The first-order valence-electron chi connectivity index (χ1n) is 5.67. The van der Waals surface area contributed by atoms with E-state index in [1.54, 1.807) is 6.07 Å². The second kappa shape index (κ2) is 3.21. The summed E-state index contributed by atoms with van der Waals surface area (Å²) >= 11 is 0. The smallest absolute Gasteiger partial charge is 0.124 e. The zero-order valence-corrected chi connectivity index (χ0v) is 9.04. The van der Waals surface area contributed by atoms with Gasteiger partial charge in [0, 0.05) is 18.5 Å². The maximum absolute atomic E-state index is 13.0. The lowest BCUT2D eigenvalue weighted by atomic mass is 9.63. The van der Waals surface area contributed by atoms with Crippen molar-refractivity contribution in [2.24, 2.45) is 5.41 Å². The standard InChI is InChI=1S/C13H13FN2/c14-11-2-3-12(10(6-11)7-15)16-8-13(9-16)4-1-5-13/h2-3,6H,1,4-5,8-9H2. The lowest BCUT2D eigenvalue weighted by Crippen LogP contribution is -2.60. The third-order valence-corrected chi connectivity index (χ3v) is 3.89. The van der Waals surface area contributed by atoms with E-state index in [4.69, 9.17) is 5.26 Å². The highest BCUT2D eigenvalue weighted by Crippen LogP contribution is 2.49. The average molecular weight is 216 g/mol. The number of anilines is 1. The van der Waals surface area contributed by atoms with Gasteiger partial charge in [-0.05, 0) is 31.0 Å². The molecule has 82 valence electrons. The Hall–Kier alpha value is -1.56. The maximum Gasteiger partial charge on any atom is 0.124 e. The van der Waals surface area contributed by atoms with E-state index < -0.39 is 0 Å². The fourth-order valence-corrected chi connectivity index (χ4v) is 2.80. The summed E-state index contributed by atoms with van der Waals surface area (Å²) in [5.41, 5.74) is 1.87. The van der Waals surface area contributed by atoms with Crippen molar-refractivity contribution in [1.82, 2.24) is 0 Å². The van der Waals surface area contributed by atoms with Gasteiger partial charge in [0.15, 0.2) is 0 Å². The quantitative estimate of drug-likeness (QED) is 0.721. The van der Waals surface area contributed by atoms with Gasteiger partial charge in [-0.25, -0.2) is 4.39 Å². The van der Waals surface area contributed by atoms with Gasteiger partial charge in [-0.15, -0.1) is 0 Å². The van der Waals surface area contributed by atoms with E-state index >= 15 is 0 Å². The summed E-state index contributed by atoms with van der Waals surface area (Å²) in [5.74, 6) is -0.334. The third kappa shape index (κ3) is 1.30. The second-order valence-corrected chi connectivity index (χ2v) is 4.98. The molecule has 0 atom stereocenters. The van der Waals surface area contributed by atoms with Crippen molar-refractivity contribution in [1.29, 1.82) is 5.26 Å². The molecule has 1 saturated carbocycles. The van der Waals surface area contributed by atoms with Gasteiger partial charge < -0.3 is 4.90 Å². The van der Waals surface area contributed by atoms with Crippen LogP contribution in [0, 0.1) is 22.6 Å². The number of nitrogens with zero attached hydrogens (tertiary/aromatic N) is 2. The van der Waals surface area contributed by atoms with Crippen LogP contribution < -0.4 is 4.90 Å². The number of halogens is 1. The molecular formula is C13H13FN2. The van der Waals surface area contributed by atoms with Gasteiger partial charge >= 0.3 is 0 Å². The van der Waals surface area contributed by atoms with E-state index in [-0.39, 0.29) is 5.82 Å². The van der Waals surface area contributed by atoms with E-state index in [2.05, 4.69) is 11.0 Å². The molecule has 0 radical (unpaired) electrons. The Bertz CT molecular complexity index is 463. The molecule has 0 unspecified atom stereocenters. The fourth-order valence-electron chi connectivity index (χ4n) is 2.80. The Morgan fingerprint density at radius 1 is 1.31 bits per heavy atom. The first kappa shape index (κ1) is 9.65.